The first kappa shape index (κ1) is 15.3. The van der Waals surface area contributed by atoms with E-state index in [4.69, 9.17) is 29.7 Å². The lowest BCUT2D eigenvalue weighted by Crippen LogP contribution is -2.34. The number of aryl methyl sites for hydroxylation is 1. The molecule has 0 saturated heterocycles. The number of nitrogens with two attached hydrogens (primary N) is 1. The smallest absolute Gasteiger partial charge is 0.155 e. The number of hydrogen-bond donors (Lipinski definition) is 1. The van der Waals surface area contributed by atoms with Crippen molar-refractivity contribution in [3.05, 3.63) is 64.7 Å². The van der Waals surface area contributed by atoms with Gasteiger partial charge in [-0.15, -0.1) is 0 Å². The van der Waals surface area contributed by atoms with E-state index in [1.807, 2.05) is 43.3 Å². The number of halogens is 1. The molecule has 2 nitrogen and oxygen atoms in total. The molecule has 0 fully saturated rings. The normalized spacial score (nSPS) is 10.3. The first-order valence-corrected chi connectivity index (χ1v) is 7.87. The third-order valence-electron chi connectivity index (χ3n) is 2.76. The van der Waals surface area contributed by atoms with E-state index < -0.39 is 0 Å². The summed E-state index contributed by atoms with van der Waals surface area (Å²) < 4.78 is 0.597. The molecule has 5 heteroatoms. The van der Waals surface area contributed by atoms with Gasteiger partial charge in [0.1, 0.15) is 0 Å². The zero-order valence-electron chi connectivity index (χ0n) is 11.0. The molecule has 0 saturated carbocycles. The van der Waals surface area contributed by atoms with Crippen LogP contribution in [0.25, 0.3) is 0 Å². The molecule has 0 aromatic heterocycles. The van der Waals surface area contributed by atoms with Gasteiger partial charge in [-0.2, -0.15) is 0 Å². The summed E-state index contributed by atoms with van der Waals surface area (Å²) in [6, 6.07) is 15.9. The van der Waals surface area contributed by atoms with E-state index in [1.165, 1.54) is 22.3 Å². The van der Waals surface area contributed by atoms with Gasteiger partial charge >= 0.3 is 0 Å². The van der Waals surface area contributed by atoms with Crippen LogP contribution in [0.4, 0.5) is 5.69 Å². The molecular formula is C15H15ClN2S2. The number of hydrogen-bond acceptors (Lipinski definition) is 3. The highest BCUT2D eigenvalue weighted by Crippen LogP contribution is 2.27. The lowest BCUT2D eigenvalue weighted by Gasteiger charge is -2.20. The van der Waals surface area contributed by atoms with Gasteiger partial charge in [-0.3, -0.25) is 5.01 Å². The molecule has 20 heavy (non-hydrogen) atoms. The van der Waals surface area contributed by atoms with Crippen molar-refractivity contribution in [2.45, 2.75) is 12.7 Å². The lowest BCUT2D eigenvalue weighted by molar-refractivity contribution is 1.16. The number of benzene rings is 2. The predicted octanol–water partition coefficient (Wildman–Crippen LogP) is 4.55. The van der Waals surface area contributed by atoms with Crippen LogP contribution in [0.5, 0.6) is 0 Å². The Kier molecular flexibility index (Phi) is 5.43. The summed E-state index contributed by atoms with van der Waals surface area (Å²) >= 11 is 13.1. The van der Waals surface area contributed by atoms with Gasteiger partial charge in [0.2, 0.25) is 0 Å². The van der Waals surface area contributed by atoms with Crippen molar-refractivity contribution in [3.63, 3.8) is 0 Å². The maximum absolute atomic E-state index is 6.20. The van der Waals surface area contributed by atoms with Crippen LogP contribution in [-0.4, -0.2) is 4.32 Å². The number of anilines is 1. The number of rotatable bonds is 3. The summed E-state index contributed by atoms with van der Waals surface area (Å²) in [6.45, 7) is 1.99. The molecule has 0 unspecified atom stereocenters. The highest BCUT2D eigenvalue weighted by molar-refractivity contribution is 8.22. The summed E-state index contributed by atoms with van der Waals surface area (Å²) in [4.78, 5) is 0. The Morgan fingerprint density at radius 2 is 1.95 bits per heavy atom. The summed E-state index contributed by atoms with van der Waals surface area (Å²) in [6.07, 6.45) is 0. The molecule has 2 N–H and O–H groups in total. The van der Waals surface area contributed by atoms with Crippen LogP contribution in [0.3, 0.4) is 0 Å². The first-order valence-electron chi connectivity index (χ1n) is 6.09. The van der Waals surface area contributed by atoms with E-state index in [1.54, 1.807) is 0 Å². The van der Waals surface area contributed by atoms with Gasteiger partial charge < -0.3 is 0 Å². The Morgan fingerprint density at radius 1 is 1.25 bits per heavy atom. The minimum atomic E-state index is 0.597. The molecule has 0 heterocycles. The molecule has 0 atom stereocenters. The highest BCUT2D eigenvalue weighted by atomic mass is 35.5. The molecule has 0 bridgehead atoms. The number of thioether (sulfide) groups is 1. The van der Waals surface area contributed by atoms with Crippen molar-refractivity contribution < 1.29 is 0 Å². The van der Waals surface area contributed by atoms with Gasteiger partial charge in [0.05, 0.1) is 10.7 Å². The van der Waals surface area contributed by atoms with Crippen LogP contribution < -0.4 is 10.9 Å². The quantitative estimate of drug-likeness (QED) is 0.510. The van der Waals surface area contributed by atoms with Gasteiger partial charge in [-0.05, 0) is 30.2 Å². The summed E-state index contributed by atoms with van der Waals surface area (Å²) in [5.74, 6) is 6.83. The molecular weight excluding hydrogens is 308 g/mol. The van der Waals surface area contributed by atoms with Crippen LogP contribution in [-0.2, 0) is 5.75 Å². The fourth-order valence-corrected chi connectivity index (χ4v) is 3.02. The Morgan fingerprint density at radius 3 is 2.60 bits per heavy atom. The average Bonchev–Trinajstić information content (AvgIpc) is 2.45. The summed E-state index contributed by atoms with van der Waals surface area (Å²) in [7, 11) is 0. The molecule has 2 aromatic rings. The standard InChI is InChI=1S/C15H15ClN2S2/c1-11-7-8-14(13(16)9-11)18(17)15(19)20-10-12-5-3-2-4-6-12/h2-9H,10,17H2,1H3. The molecule has 2 rings (SSSR count). The maximum Gasteiger partial charge on any atom is 0.155 e. The van der Waals surface area contributed by atoms with Gasteiger partial charge in [-0.25, -0.2) is 5.84 Å². The molecule has 0 radical (unpaired) electrons. The van der Waals surface area contributed by atoms with Gasteiger partial charge in [0.25, 0.3) is 0 Å². The molecule has 0 aliphatic rings. The topological polar surface area (TPSA) is 29.3 Å². The van der Waals surface area contributed by atoms with Crippen LogP contribution in [0.15, 0.2) is 48.5 Å². The predicted molar refractivity (Wildman–Crippen MR) is 93.2 cm³/mol. The van der Waals surface area contributed by atoms with Crippen LogP contribution in [0, 0.1) is 6.92 Å². The summed E-state index contributed by atoms with van der Waals surface area (Å²) in [5.41, 5.74) is 3.03. The van der Waals surface area contributed by atoms with Crippen LogP contribution >= 0.6 is 35.6 Å². The number of nitrogens with zero attached hydrogens (tertiary/aromatic N) is 1. The maximum atomic E-state index is 6.20. The minimum Gasteiger partial charge on any atom is -0.262 e. The number of thiocarbonyl (C=S) groups is 1. The summed E-state index contributed by atoms with van der Waals surface area (Å²) in [5, 5.41) is 2.07. The van der Waals surface area contributed by atoms with Gasteiger partial charge in [-0.1, -0.05) is 72.0 Å². The molecule has 0 amide bonds. The van der Waals surface area contributed by atoms with Crippen molar-refractivity contribution in [1.29, 1.82) is 0 Å². The van der Waals surface area contributed by atoms with Crippen LogP contribution in [0.2, 0.25) is 5.02 Å². The molecule has 104 valence electrons. The van der Waals surface area contributed by atoms with Crippen molar-refractivity contribution in [1.82, 2.24) is 0 Å². The van der Waals surface area contributed by atoms with E-state index in [9.17, 15) is 0 Å². The molecule has 0 spiro atoms. The number of hydrazine groups is 1. The molecule has 0 aliphatic carbocycles. The van der Waals surface area contributed by atoms with E-state index in [-0.39, 0.29) is 0 Å². The Labute approximate surface area is 133 Å². The second-order valence-corrected chi connectivity index (χ2v) is 6.38. The van der Waals surface area contributed by atoms with E-state index in [2.05, 4.69) is 12.1 Å². The van der Waals surface area contributed by atoms with Crippen molar-refractivity contribution in [3.8, 4) is 0 Å². The Balaban J connectivity index is 2.01. The van der Waals surface area contributed by atoms with E-state index >= 15 is 0 Å². The van der Waals surface area contributed by atoms with E-state index in [0.717, 1.165) is 17.0 Å². The fraction of sp³-hybridized carbons (Fsp3) is 0.133. The fourth-order valence-electron chi connectivity index (χ4n) is 1.69. The minimum absolute atomic E-state index is 0.597. The average molecular weight is 323 g/mol. The Bertz CT molecular complexity index is 602. The zero-order valence-corrected chi connectivity index (χ0v) is 13.4. The monoisotopic (exact) mass is 322 g/mol. The highest BCUT2D eigenvalue weighted by Gasteiger charge is 2.12. The molecule has 2 aromatic carbocycles. The second kappa shape index (κ2) is 7.09. The third kappa shape index (κ3) is 3.96. The lowest BCUT2D eigenvalue weighted by atomic mass is 10.2. The van der Waals surface area contributed by atoms with Gasteiger partial charge in [0, 0.05) is 5.75 Å². The van der Waals surface area contributed by atoms with Crippen molar-refractivity contribution in [2.75, 3.05) is 5.01 Å². The molecule has 0 aliphatic heterocycles. The SMILES string of the molecule is Cc1ccc(N(N)C(=S)SCc2ccccc2)c(Cl)c1. The van der Waals surface area contributed by atoms with Crippen molar-refractivity contribution >= 4 is 45.6 Å². The van der Waals surface area contributed by atoms with Gasteiger partial charge in [0.15, 0.2) is 4.32 Å². The Hall–Kier alpha value is -1.07. The first-order chi connectivity index (χ1) is 9.58. The third-order valence-corrected chi connectivity index (χ3v) is 4.54. The second-order valence-electron chi connectivity index (χ2n) is 4.37. The van der Waals surface area contributed by atoms with E-state index in [0.29, 0.717) is 9.34 Å². The largest absolute Gasteiger partial charge is 0.262 e. The van der Waals surface area contributed by atoms with Crippen LogP contribution in [0.1, 0.15) is 11.1 Å². The zero-order chi connectivity index (χ0) is 14.5. The van der Waals surface area contributed by atoms with Crippen molar-refractivity contribution in [2.24, 2.45) is 5.84 Å².